The maximum atomic E-state index is 9.93. The monoisotopic (exact) mass is 335 g/mol. The predicted octanol–water partition coefficient (Wildman–Crippen LogP) is 2.80. The Kier molecular flexibility index (Phi) is 4.56. The van der Waals surface area contributed by atoms with Crippen molar-refractivity contribution < 1.29 is 14.9 Å². The molecule has 1 heterocycles. The Labute approximate surface area is 138 Å². The fourth-order valence-electron chi connectivity index (χ4n) is 2.88. The quantitative estimate of drug-likeness (QED) is 0.904. The highest BCUT2D eigenvalue weighted by Gasteiger charge is 2.15. The van der Waals surface area contributed by atoms with Crippen LogP contribution in [0.1, 0.15) is 32.1 Å². The number of nitrogens with zero attached hydrogens (tertiary/aromatic N) is 3. The van der Waals surface area contributed by atoms with Crippen molar-refractivity contribution in [2.45, 2.75) is 38.1 Å². The standard InChI is InChI=1S/C16H21N3O3S/c1-19-16(17-11-6-4-3-5-7-11)23-15(18-19)10-8-12(20)14(22-2)13(21)9-10/h8-9,11,20-21H,3-7H2,1-2H3. The van der Waals surface area contributed by atoms with E-state index in [1.54, 1.807) is 16.8 Å². The zero-order chi connectivity index (χ0) is 16.4. The Bertz CT molecular complexity index is 737. The summed E-state index contributed by atoms with van der Waals surface area (Å²) in [6.07, 6.45) is 6.05. The minimum absolute atomic E-state index is 0.0711. The zero-order valence-corrected chi connectivity index (χ0v) is 14.1. The van der Waals surface area contributed by atoms with Crippen LogP contribution in [0.25, 0.3) is 10.6 Å². The van der Waals surface area contributed by atoms with Crippen LogP contribution in [-0.4, -0.2) is 33.1 Å². The van der Waals surface area contributed by atoms with Gasteiger partial charge in [0.2, 0.25) is 10.6 Å². The van der Waals surface area contributed by atoms with Gasteiger partial charge < -0.3 is 14.9 Å². The number of hydrogen-bond acceptors (Lipinski definition) is 6. The molecule has 1 fully saturated rings. The van der Waals surface area contributed by atoms with Crippen molar-refractivity contribution in [1.29, 1.82) is 0 Å². The maximum absolute atomic E-state index is 9.93. The molecule has 1 aromatic carbocycles. The molecule has 124 valence electrons. The van der Waals surface area contributed by atoms with Gasteiger partial charge in [0.05, 0.1) is 13.2 Å². The van der Waals surface area contributed by atoms with Crippen LogP contribution in [0.2, 0.25) is 0 Å². The van der Waals surface area contributed by atoms with Gasteiger partial charge in [0, 0.05) is 12.6 Å². The van der Waals surface area contributed by atoms with E-state index in [4.69, 9.17) is 9.73 Å². The lowest BCUT2D eigenvalue weighted by Gasteiger charge is -2.16. The fraction of sp³-hybridized carbons (Fsp3) is 0.500. The molecule has 0 unspecified atom stereocenters. The number of methoxy groups -OCH3 is 1. The van der Waals surface area contributed by atoms with Crippen molar-refractivity contribution in [1.82, 2.24) is 9.78 Å². The second kappa shape index (κ2) is 6.62. The van der Waals surface area contributed by atoms with Crippen LogP contribution in [0, 0.1) is 0 Å². The Morgan fingerprint density at radius 1 is 1.22 bits per heavy atom. The Morgan fingerprint density at radius 2 is 1.87 bits per heavy atom. The van der Waals surface area contributed by atoms with E-state index in [1.807, 2.05) is 7.05 Å². The first-order chi connectivity index (χ1) is 11.1. The highest BCUT2D eigenvalue weighted by Crippen LogP contribution is 2.39. The van der Waals surface area contributed by atoms with E-state index in [9.17, 15) is 10.2 Å². The molecule has 0 radical (unpaired) electrons. The highest BCUT2D eigenvalue weighted by atomic mass is 32.1. The summed E-state index contributed by atoms with van der Waals surface area (Å²) in [5.41, 5.74) is 0.645. The van der Waals surface area contributed by atoms with Gasteiger partial charge in [-0.3, -0.25) is 4.99 Å². The number of hydrogen-bond donors (Lipinski definition) is 2. The lowest BCUT2D eigenvalue weighted by molar-refractivity contribution is 0.345. The number of aryl methyl sites for hydroxylation is 1. The van der Waals surface area contributed by atoms with Crippen molar-refractivity contribution in [2.75, 3.05) is 7.11 Å². The van der Waals surface area contributed by atoms with Gasteiger partial charge in [0.15, 0.2) is 11.5 Å². The van der Waals surface area contributed by atoms with Gasteiger partial charge in [0.25, 0.3) is 0 Å². The minimum Gasteiger partial charge on any atom is -0.504 e. The Hall–Kier alpha value is -2.02. The summed E-state index contributed by atoms with van der Waals surface area (Å²) in [6, 6.07) is 3.46. The molecule has 0 atom stereocenters. The van der Waals surface area contributed by atoms with E-state index in [2.05, 4.69) is 5.10 Å². The molecule has 0 saturated heterocycles. The Balaban J connectivity index is 1.96. The largest absolute Gasteiger partial charge is 0.504 e. The van der Waals surface area contributed by atoms with Crippen LogP contribution in [-0.2, 0) is 7.05 Å². The topological polar surface area (TPSA) is 79.9 Å². The van der Waals surface area contributed by atoms with Crippen LogP contribution >= 0.6 is 11.3 Å². The number of aromatic nitrogens is 2. The third kappa shape index (κ3) is 3.34. The molecule has 2 aromatic rings. The summed E-state index contributed by atoms with van der Waals surface area (Å²) < 4.78 is 6.71. The highest BCUT2D eigenvalue weighted by molar-refractivity contribution is 7.12. The summed E-state index contributed by atoms with van der Waals surface area (Å²) in [4.78, 5) is 5.67. The van der Waals surface area contributed by atoms with Crippen molar-refractivity contribution in [3.05, 3.63) is 16.9 Å². The van der Waals surface area contributed by atoms with Crippen LogP contribution in [0.15, 0.2) is 17.1 Å². The first kappa shape index (κ1) is 15.9. The molecular formula is C16H21N3O3S. The van der Waals surface area contributed by atoms with Crippen molar-refractivity contribution >= 4 is 11.3 Å². The van der Waals surface area contributed by atoms with Gasteiger partial charge >= 0.3 is 0 Å². The van der Waals surface area contributed by atoms with E-state index in [1.165, 1.54) is 37.7 Å². The van der Waals surface area contributed by atoms with Gasteiger partial charge in [-0.1, -0.05) is 30.6 Å². The molecule has 6 nitrogen and oxygen atoms in total. The van der Waals surface area contributed by atoms with Gasteiger partial charge in [-0.25, -0.2) is 4.68 Å². The van der Waals surface area contributed by atoms with Crippen molar-refractivity contribution in [3.8, 4) is 27.8 Å². The van der Waals surface area contributed by atoms with Crippen LogP contribution in [0.3, 0.4) is 0 Å². The average molecular weight is 335 g/mol. The molecule has 0 bridgehead atoms. The number of aromatic hydroxyl groups is 2. The smallest absolute Gasteiger partial charge is 0.203 e. The molecule has 1 aliphatic rings. The number of rotatable bonds is 3. The molecule has 2 N–H and O–H groups in total. The van der Waals surface area contributed by atoms with Crippen LogP contribution < -0.4 is 9.54 Å². The number of benzene rings is 1. The molecule has 1 aliphatic carbocycles. The SMILES string of the molecule is COc1c(O)cc(-c2nn(C)c(=NC3CCCCC3)s2)cc1O. The fourth-order valence-corrected chi connectivity index (χ4v) is 3.82. The Morgan fingerprint density at radius 3 is 2.48 bits per heavy atom. The first-order valence-corrected chi connectivity index (χ1v) is 8.58. The molecule has 1 aromatic heterocycles. The van der Waals surface area contributed by atoms with Gasteiger partial charge in [0.1, 0.15) is 5.01 Å². The van der Waals surface area contributed by atoms with Gasteiger partial charge in [-0.2, -0.15) is 5.10 Å². The number of ether oxygens (including phenoxy) is 1. The molecule has 0 spiro atoms. The van der Waals surface area contributed by atoms with E-state index in [0.29, 0.717) is 16.6 Å². The zero-order valence-electron chi connectivity index (χ0n) is 13.3. The number of phenols is 2. The molecule has 7 heteroatoms. The second-order valence-electron chi connectivity index (χ2n) is 5.78. The molecule has 0 amide bonds. The van der Waals surface area contributed by atoms with Crippen LogP contribution in [0.4, 0.5) is 0 Å². The first-order valence-electron chi connectivity index (χ1n) is 7.77. The van der Waals surface area contributed by atoms with E-state index >= 15 is 0 Å². The lowest BCUT2D eigenvalue weighted by Crippen LogP contribution is -2.18. The third-order valence-electron chi connectivity index (χ3n) is 4.07. The van der Waals surface area contributed by atoms with E-state index in [0.717, 1.165) is 17.6 Å². The van der Waals surface area contributed by atoms with Crippen molar-refractivity contribution in [3.63, 3.8) is 0 Å². The third-order valence-corrected chi connectivity index (χ3v) is 5.14. The summed E-state index contributed by atoms with van der Waals surface area (Å²) in [6.45, 7) is 0. The van der Waals surface area contributed by atoms with Gasteiger partial charge in [-0.05, 0) is 25.0 Å². The minimum atomic E-state index is -0.105. The molecule has 23 heavy (non-hydrogen) atoms. The van der Waals surface area contributed by atoms with Crippen LogP contribution in [0.5, 0.6) is 17.2 Å². The lowest BCUT2D eigenvalue weighted by atomic mass is 9.96. The summed E-state index contributed by atoms with van der Waals surface area (Å²) in [5.74, 6) is -0.140. The average Bonchev–Trinajstić information content (AvgIpc) is 2.89. The molecular weight excluding hydrogens is 314 g/mol. The summed E-state index contributed by atoms with van der Waals surface area (Å²) in [7, 11) is 3.27. The summed E-state index contributed by atoms with van der Waals surface area (Å²) in [5, 5.41) is 25.0. The second-order valence-corrected chi connectivity index (χ2v) is 6.74. The van der Waals surface area contributed by atoms with E-state index in [-0.39, 0.29) is 17.2 Å². The molecule has 3 rings (SSSR count). The van der Waals surface area contributed by atoms with Crippen molar-refractivity contribution in [2.24, 2.45) is 12.0 Å². The van der Waals surface area contributed by atoms with Gasteiger partial charge in [-0.15, -0.1) is 0 Å². The predicted molar refractivity (Wildman–Crippen MR) is 88.8 cm³/mol. The maximum Gasteiger partial charge on any atom is 0.203 e. The number of phenolic OH excluding ortho intramolecular Hbond substituents is 2. The molecule has 0 aliphatic heterocycles. The molecule has 1 saturated carbocycles. The normalized spacial score (nSPS) is 16.7. The summed E-state index contributed by atoms with van der Waals surface area (Å²) >= 11 is 1.46. The van der Waals surface area contributed by atoms with E-state index < -0.39 is 0 Å².